The van der Waals surface area contributed by atoms with E-state index in [1.807, 2.05) is 0 Å². The fourth-order valence-corrected chi connectivity index (χ4v) is 2.59. The molecule has 0 amide bonds. The van der Waals surface area contributed by atoms with E-state index < -0.39 is 10.5 Å². The summed E-state index contributed by atoms with van der Waals surface area (Å²) in [5.41, 5.74) is -0.0198. The molecule has 1 aromatic carbocycles. The van der Waals surface area contributed by atoms with E-state index in [2.05, 4.69) is 5.32 Å². The van der Waals surface area contributed by atoms with Gasteiger partial charge in [-0.15, -0.1) is 0 Å². The number of nitrogens with zero attached hydrogens (tertiary/aromatic N) is 1. The van der Waals surface area contributed by atoms with Crippen LogP contribution in [0.5, 0.6) is 5.75 Å². The number of ether oxygens (including phenoxy) is 1. The normalized spacial score (nSPS) is 17.5. The second-order valence-corrected chi connectivity index (χ2v) is 5.28. The van der Waals surface area contributed by atoms with Crippen LogP contribution in [0.1, 0.15) is 32.1 Å². The first-order chi connectivity index (χ1) is 9.54. The Morgan fingerprint density at radius 2 is 2.10 bits per heavy atom. The molecule has 0 bridgehead atoms. The minimum atomic E-state index is -0.673. The number of benzene rings is 1. The van der Waals surface area contributed by atoms with E-state index in [-0.39, 0.29) is 11.4 Å². The maximum absolute atomic E-state index is 10.8. The molecule has 0 saturated heterocycles. The van der Waals surface area contributed by atoms with Gasteiger partial charge in [0, 0.05) is 24.4 Å². The zero-order valence-electron chi connectivity index (χ0n) is 11.6. The van der Waals surface area contributed by atoms with Crippen molar-refractivity contribution in [1.29, 1.82) is 0 Å². The van der Waals surface area contributed by atoms with E-state index in [0.717, 1.165) is 25.7 Å². The highest BCUT2D eigenvalue weighted by Gasteiger charge is 2.28. The van der Waals surface area contributed by atoms with Gasteiger partial charge in [0.2, 0.25) is 0 Å². The molecule has 6 heteroatoms. The van der Waals surface area contributed by atoms with Crippen LogP contribution in [0.3, 0.4) is 0 Å². The van der Waals surface area contributed by atoms with Gasteiger partial charge in [0.15, 0.2) is 5.75 Å². The number of anilines is 1. The van der Waals surface area contributed by atoms with Crippen LogP contribution in [0.4, 0.5) is 11.4 Å². The number of nitro groups is 1. The summed E-state index contributed by atoms with van der Waals surface area (Å²) in [5.74, 6) is 0.218. The van der Waals surface area contributed by atoms with Gasteiger partial charge < -0.3 is 15.2 Å². The summed E-state index contributed by atoms with van der Waals surface area (Å²) in [6, 6.07) is 4.63. The van der Waals surface area contributed by atoms with E-state index in [0.29, 0.717) is 12.2 Å². The van der Waals surface area contributed by atoms with Crippen LogP contribution in [0.25, 0.3) is 0 Å². The Hall–Kier alpha value is -1.82. The summed E-state index contributed by atoms with van der Waals surface area (Å²) in [6.07, 6.45) is 4.85. The van der Waals surface area contributed by atoms with Crippen molar-refractivity contribution >= 4 is 11.4 Å². The van der Waals surface area contributed by atoms with Gasteiger partial charge in [-0.05, 0) is 18.9 Å². The summed E-state index contributed by atoms with van der Waals surface area (Å²) in [5, 5.41) is 24.4. The molecule has 1 saturated carbocycles. The quantitative estimate of drug-likeness (QED) is 0.640. The topological polar surface area (TPSA) is 84.6 Å². The minimum absolute atomic E-state index is 0.0607. The van der Waals surface area contributed by atoms with E-state index in [4.69, 9.17) is 4.74 Å². The maximum Gasteiger partial charge on any atom is 0.311 e. The van der Waals surface area contributed by atoms with Crippen molar-refractivity contribution in [2.45, 2.75) is 37.7 Å². The van der Waals surface area contributed by atoms with Gasteiger partial charge in [-0.3, -0.25) is 10.1 Å². The van der Waals surface area contributed by atoms with Crippen LogP contribution in [-0.2, 0) is 0 Å². The summed E-state index contributed by atoms with van der Waals surface area (Å²) < 4.78 is 5.02. The van der Waals surface area contributed by atoms with Crippen LogP contribution in [0, 0.1) is 10.1 Å². The molecule has 1 aliphatic carbocycles. The number of methoxy groups -OCH3 is 1. The second-order valence-electron chi connectivity index (χ2n) is 5.28. The van der Waals surface area contributed by atoms with Gasteiger partial charge in [0.1, 0.15) is 0 Å². The molecule has 0 atom stereocenters. The second kappa shape index (κ2) is 6.09. The third kappa shape index (κ3) is 3.39. The molecule has 110 valence electrons. The van der Waals surface area contributed by atoms with E-state index in [1.54, 1.807) is 12.1 Å². The molecule has 0 heterocycles. The Bertz CT molecular complexity index is 484. The van der Waals surface area contributed by atoms with Crippen LogP contribution in [0.2, 0.25) is 0 Å². The summed E-state index contributed by atoms with van der Waals surface area (Å²) >= 11 is 0. The minimum Gasteiger partial charge on any atom is -0.490 e. The molecule has 0 aliphatic heterocycles. The Balaban J connectivity index is 2.04. The van der Waals surface area contributed by atoms with Gasteiger partial charge in [0.05, 0.1) is 17.6 Å². The number of nitrogens with one attached hydrogen (secondary N) is 1. The zero-order valence-corrected chi connectivity index (χ0v) is 11.6. The van der Waals surface area contributed by atoms with Crippen molar-refractivity contribution in [3.63, 3.8) is 0 Å². The molecular weight excluding hydrogens is 260 g/mol. The Morgan fingerprint density at radius 1 is 1.40 bits per heavy atom. The molecule has 2 N–H and O–H groups in total. The smallest absolute Gasteiger partial charge is 0.311 e. The fourth-order valence-electron chi connectivity index (χ4n) is 2.59. The first kappa shape index (κ1) is 14.6. The summed E-state index contributed by atoms with van der Waals surface area (Å²) in [6.45, 7) is 0.452. The lowest BCUT2D eigenvalue weighted by molar-refractivity contribution is -0.385. The van der Waals surface area contributed by atoms with Crippen LogP contribution < -0.4 is 10.1 Å². The lowest BCUT2D eigenvalue weighted by atomic mass is 9.85. The van der Waals surface area contributed by atoms with Crippen LogP contribution in [-0.4, -0.2) is 29.3 Å². The van der Waals surface area contributed by atoms with Crippen LogP contribution in [0.15, 0.2) is 18.2 Å². The molecular formula is C14H20N2O4. The van der Waals surface area contributed by atoms with Gasteiger partial charge in [-0.25, -0.2) is 0 Å². The molecule has 0 unspecified atom stereocenters. The largest absolute Gasteiger partial charge is 0.490 e. The van der Waals surface area contributed by atoms with Gasteiger partial charge in [-0.2, -0.15) is 0 Å². The Kier molecular flexibility index (Phi) is 4.44. The van der Waals surface area contributed by atoms with Crippen molar-refractivity contribution in [2.75, 3.05) is 19.0 Å². The highest BCUT2D eigenvalue weighted by Crippen LogP contribution is 2.31. The van der Waals surface area contributed by atoms with Crippen molar-refractivity contribution < 1.29 is 14.8 Å². The first-order valence-electron chi connectivity index (χ1n) is 6.83. The third-order valence-electron chi connectivity index (χ3n) is 3.78. The molecule has 1 fully saturated rings. The van der Waals surface area contributed by atoms with E-state index >= 15 is 0 Å². The molecule has 0 radical (unpaired) electrons. The average Bonchev–Trinajstić information content (AvgIpc) is 2.45. The molecule has 6 nitrogen and oxygen atoms in total. The number of aliphatic hydroxyl groups is 1. The predicted octanol–water partition coefficient (Wildman–Crippen LogP) is 2.71. The van der Waals surface area contributed by atoms with Crippen molar-refractivity contribution in [2.24, 2.45) is 0 Å². The first-order valence-corrected chi connectivity index (χ1v) is 6.83. The monoisotopic (exact) mass is 280 g/mol. The van der Waals surface area contributed by atoms with Gasteiger partial charge >= 0.3 is 5.69 Å². The van der Waals surface area contributed by atoms with Gasteiger partial charge in [0.25, 0.3) is 0 Å². The fraction of sp³-hybridized carbons (Fsp3) is 0.571. The predicted molar refractivity (Wildman–Crippen MR) is 76.2 cm³/mol. The third-order valence-corrected chi connectivity index (χ3v) is 3.78. The number of rotatable bonds is 5. The standard InChI is InChI=1S/C14H20N2O4/c1-20-13-9-11(5-6-12(13)16(18)19)15-10-14(17)7-3-2-4-8-14/h5-6,9,15,17H,2-4,7-8,10H2,1H3. The van der Waals surface area contributed by atoms with Crippen molar-refractivity contribution in [3.05, 3.63) is 28.3 Å². The number of hydrogen-bond acceptors (Lipinski definition) is 5. The van der Waals surface area contributed by atoms with Crippen molar-refractivity contribution in [1.82, 2.24) is 0 Å². The van der Waals surface area contributed by atoms with Crippen LogP contribution >= 0.6 is 0 Å². The number of hydrogen-bond donors (Lipinski definition) is 2. The molecule has 1 aliphatic rings. The van der Waals surface area contributed by atoms with E-state index in [9.17, 15) is 15.2 Å². The van der Waals surface area contributed by atoms with Crippen molar-refractivity contribution in [3.8, 4) is 5.75 Å². The molecule has 20 heavy (non-hydrogen) atoms. The highest BCUT2D eigenvalue weighted by molar-refractivity contribution is 5.58. The zero-order chi connectivity index (χ0) is 14.6. The summed E-state index contributed by atoms with van der Waals surface area (Å²) in [4.78, 5) is 10.3. The molecule has 2 rings (SSSR count). The lowest BCUT2D eigenvalue weighted by Crippen LogP contribution is -2.38. The maximum atomic E-state index is 10.8. The lowest BCUT2D eigenvalue weighted by Gasteiger charge is -2.32. The summed E-state index contributed by atoms with van der Waals surface area (Å²) in [7, 11) is 1.40. The van der Waals surface area contributed by atoms with Gasteiger partial charge in [-0.1, -0.05) is 19.3 Å². The SMILES string of the molecule is COc1cc(NCC2(O)CCCCC2)ccc1[N+](=O)[O-]. The van der Waals surface area contributed by atoms with E-state index in [1.165, 1.54) is 19.6 Å². The molecule has 1 aromatic rings. The Morgan fingerprint density at radius 3 is 2.70 bits per heavy atom. The highest BCUT2D eigenvalue weighted by atomic mass is 16.6. The molecule has 0 aromatic heterocycles. The molecule has 0 spiro atoms. The average molecular weight is 280 g/mol. The Labute approximate surface area is 117 Å². The number of nitro benzene ring substituents is 1.